The molecular formula is C16H13NO3S. The van der Waals surface area contributed by atoms with Crippen LogP contribution in [0.5, 0.6) is 5.75 Å². The third-order valence-corrected chi connectivity index (χ3v) is 4.20. The minimum absolute atomic E-state index is 0.386. The Labute approximate surface area is 126 Å². The number of carbonyl (C=O) groups excluding carboxylic acids is 1. The van der Waals surface area contributed by atoms with Crippen molar-refractivity contribution in [3.63, 3.8) is 0 Å². The van der Waals surface area contributed by atoms with Gasteiger partial charge in [-0.25, -0.2) is 9.78 Å². The Morgan fingerprint density at radius 3 is 2.57 bits per heavy atom. The fourth-order valence-electron chi connectivity index (χ4n) is 2.10. The number of fused-ring (bicyclic) bond motifs is 1. The van der Waals surface area contributed by atoms with E-state index in [9.17, 15) is 4.79 Å². The summed E-state index contributed by atoms with van der Waals surface area (Å²) >= 11 is 1.56. The van der Waals surface area contributed by atoms with E-state index in [2.05, 4.69) is 4.98 Å². The summed E-state index contributed by atoms with van der Waals surface area (Å²) in [4.78, 5) is 16.4. The molecule has 0 N–H and O–H groups in total. The second-order valence-electron chi connectivity index (χ2n) is 4.40. The van der Waals surface area contributed by atoms with E-state index in [1.54, 1.807) is 17.4 Å². The minimum Gasteiger partial charge on any atom is -0.496 e. The van der Waals surface area contributed by atoms with Crippen molar-refractivity contribution < 1.29 is 14.3 Å². The molecule has 2 aromatic carbocycles. The summed E-state index contributed by atoms with van der Waals surface area (Å²) in [7, 11) is 2.88. The molecule has 0 saturated carbocycles. The SMILES string of the molecule is COC(=O)c1cc2nc(-c3ccccc3)sc2cc1OC. The zero-order valence-corrected chi connectivity index (χ0v) is 12.4. The lowest BCUT2D eigenvalue weighted by Gasteiger charge is -2.05. The maximum absolute atomic E-state index is 11.8. The van der Waals surface area contributed by atoms with E-state index < -0.39 is 5.97 Å². The van der Waals surface area contributed by atoms with E-state index in [1.807, 2.05) is 36.4 Å². The predicted molar refractivity (Wildman–Crippen MR) is 82.9 cm³/mol. The lowest BCUT2D eigenvalue weighted by atomic mass is 10.2. The fraction of sp³-hybridized carbons (Fsp3) is 0.125. The standard InChI is InChI=1S/C16H13NO3S/c1-19-13-9-14-12(8-11(13)16(18)20-2)17-15(21-14)10-6-4-3-5-7-10/h3-9H,1-2H3. The van der Waals surface area contributed by atoms with Crippen LogP contribution in [-0.2, 0) is 4.74 Å². The summed E-state index contributed by atoms with van der Waals surface area (Å²) < 4.78 is 11.0. The van der Waals surface area contributed by atoms with Crippen molar-refractivity contribution in [3.05, 3.63) is 48.0 Å². The zero-order valence-electron chi connectivity index (χ0n) is 11.6. The number of aromatic nitrogens is 1. The molecule has 0 atom stereocenters. The molecule has 0 unspecified atom stereocenters. The number of esters is 1. The molecule has 0 aliphatic carbocycles. The van der Waals surface area contributed by atoms with E-state index in [0.717, 1.165) is 20.8 Å². The fourth-order valence-corrected chi connectivity index (χ4v) is 3.08. The number of ether oxygens (including phenoxy) is 2. The van der Waals surface area contributed by atoms with Gasteiger partial charge in [0.15, 0.2) is 0 Å². The van der Waals surface area contributed by atoms with Crippen molar-refractivity contribution in [3.8, 4) is 16.3 Å². The average molecular weight is 299 g/mol. The van der Waals surface area contributed by atoms with Gasteiger partial charge in [0.25, 0.3) is 0 Å². The lowest BCUT2D eigenvalue weighted by Crippen LogP contribution is -2.03. The predicted octanol–water partition coefficient (Wildman–Crippen LogP) is 3.76. The Kier molecular flexibility index (Phi) is 3.58. The van der Waals surface area contributed by atoms with Crippen LogP contribution in [0.4, 0.5) is 0 Å². The van der Waals surface area contributed by atoms with Crippen LogP contribution in [0.25, 0.3) is 20.8 Å². The molecule has 5 heteroatoms. The molecule has 0 spiro atoms. The molecule has 4 nitrogen and oxygen atoms in total. The Bertz CT molecular complexity index is 796. The van der Waals surface area contributed by atoms with Crippen LogP contribution in [0.15, 0.2) is 42.5 Å². The molecule has 0 aliphatic heterocycles. The number of nitrogens with zero attached hydrogens (tertiary/aromatic N) is 1. The van der Waals surface area contributed by atoms with Crippen LogP contribution >= 0.6 is 11.3 Å². The Hall–Kier alpha value is -2.40. The molecular weight excluding hydrogens is 286 g/mol. The largest absolute Gasteiger partial charge is 0.496 e. The molecule has 21 heavy (non-hydrogen) atoms. The van der Waals surface area contributed by atoms with Crippen LogP contribution in [0, 0.1) is 0 Å². The van der Waals surface area contributed by atoms with Crippen LogP contribution < -0.4 is 4.74 Å². The highest BCUT2D eigenvalue weighted by molar-refractivity contribution is 7.21. The quantitative estimate of drug-likeness (QED) is 0.691. The van der Waals surface area contributed by atoms with Crippen molar-refractivity contribution in [1.29, 1.82) is 0 Å². The Morgan fingerprint density at radius 1 is 1.14 bits per heavy atom. The number of rotatable bonds is 3. The topological polar surface area (TPSA) is 48.4 Å². The minimum atomic E-state index is -0.428. The first-order chi connectivity index (χ1) is 10.2. The van der Waals surface area contributed by atoms with Gasteiger partial charge >= 0.3 is 5.97 Å². The summed E-state index contributed by atoms with van der Waals surface area (Å²) in [5.41, 5.74) is 2.20. The van der Waals surface area contributed by atoms with Gasteiger partial charge in [-0.05, 0) is 6.07 Å². The summed E-state index contributed by atoms with van der Waals surface area (Å²) in [6.45, 7) is 0. The molecule has 106 valence electrons. The first-order valence-corrected chi connectivity index (χ1v) is 7.17. The normalized spacial score (nSPS) is 10.6. The van der Waals surface area contributed by atoms with Crippen molar-refractivity contribution in [1.82, 2.24) is 4.98 Å². The molecule has 0 amide bonds. The third kappa shape index (κ3) is 2.48. The smallest absolute Gasteiger partial charge is 0.341 e. The van der Waals surface area contributed by atoms with E-state index in [-0.39, 0.29) is 0 Å². The first-order valence-electron chi connectivity index (χ1n) is 6.35. The molecule has 1 aromatic heterocycles. The van der Waals surface area contributed by atoms with Gasteiger partial charge in [-0.15, -0.1) is 11.3 Å². The number of benzene rings is 2. The highest BCUT2D eigenvalue weighted by atomic mass is 32.1. The summed E-state index contributed by atoms with van der Waals surface area (Å²) in [5.74, 6) is 0.0700. The van der Waals surface area contributed by atoms with Crippen molar-refractivity contribution in [2.75, 3.05) is 14.2 Å². The number of hydrogen-bond donors (Lipinski definition) is 0. The maximum atomic E-state index is 11.8. The molecule has 1 heterocycles. The lowest BCUT2D eigenvalue weighted by molar-refractivity contribution is 0.0597. The zero-order chi connectivity index (χ0) is 14.8. The Morgan fingerprint density at radius 2 is 1.90 bits per heavy atom. The molecule has 0 bridgehead atoms. The van der Waals surface area contributed by atoms with E-state index in [4.69, 9.17) is 9.47 Å². The summed E-state index contributed by atoms with van der Waals surface area (Å²) in [5, 5.41) is 0.912. The van der Waals surface area contributed by atoms with Crippen LogP contribution in [0.3, 0.4) is 0 Å². The highest BCUT2D eigenvalue weighted by Gasteiger charge is 2.16. The van der Waals surface area contributed by atoms with Gasteiger partial charge in [-0.3, -0.25) is 0 Å². The average Bonchev–Trinajstić information content (AvgIpc) is 2.96. The van der Waals surface area contributed by atoms with Gasteiger partial charge in [0.05, 0.1) is 24.4 Å². The van der Waals surface area contributed by atoms with Crippen molar-refractivity contribution >= 4 is 27.5 Å². The van der Waals surface area contributed by atoms with Crippen LogP contribution in [0.1, 0.15) is 10.4 Å². The molecule has 3 rings (SSSR count). The molecule has 0 aliphatic rings. The summed E-state index contributed by atoms with van der Waals surface area (Å²) in [6, 6.07) is 13.5. The first kappa shape index (κ1) is 13.6. The molecule has 0 fully saturated rings. The highest BCUT2D eigenvalue weighted by Crippen LogP contribution is 2.34. The van der Waals surface area contributed by atoms with Gasteiger partial charge < -0.3 is 9.47 Å². The maximum Gasteiger partial charge on any atom is 0.341 e. The number of hydrogen-bond acceptors (Lipinski definition) is 5. The van der Waals surface area contributed by atoms with Crippen molar-refractivity contribution in [2.24, 2.45) is 0 Å². The van der Waals surface area contributed by atoms with Gasteiger partial charge in [0, 0.05) is 11.6 Å². The molecule has 0 radical (unpaired) electrons. The third-order valence-electron chi connectivity index (χ3n) is 3.14. The second-order valence-corrected chi connectivity index (χ2v) is 5.43. The molecule has 0 saturated heterocycles. The van der Waals surface area contributed by atoms with Crippen LogP contribution in [0.2, 0.25) is 0 Å². The van der Waals surface area contributed by atoms with Gasteiger partial charge in [-0.2, -0.15) is 0 Å². The van der Waals surface area contributed by atoms with Crippen molar-refractivity contribution in [2.45, 2.75) is 0 Å². The Balaban J connectivity index is 2.16. The number of thiazole rings is 1. The second kappa shape index (κ2) is 5.54. The number of methoxy groups -OCH3 is 2. The van der Waals surface area contributed by atoms with E-state index in [0.29, 0.717) is 11.3 Å². The van der Waals surface area contributed by atoms with Gasteiger partial charge in [-0.1, -0.05) is 30.3 Å². The van der Waals surface area contributed by atoms with Gasteiger partial charge in [0.1, 0.15) is 16.3 Å². The van der Waals surface area contributed by atoms with E-state index >= 15 is 0 Å². The van der Waals surface area contributed by atoms with E-state index in [1.165, 1.54) is 14.2 Å². The van der Waals surface area contributed by atoms with Crippen LogP contribution in [-0.4, -0.2) is 25.2 Å². The summed E-state index contributed by atoms with van der Waals surface area (Å²) in [6.07, 6.45) is 0. The monoisotopic (exact) mass is 299 g/mol. The number of carbonyl (C=O) groups is 1. The van der Waals surface area contributed by atoms with Gasteiger partial charge in [0.2, 0.25) is 0 Å². The molecule has 3 aromatic rings.